The van der Waals surface area contributed by atoms with Crippen LogP contribution < -0.4 is 5.73 Å². The van der Waals surface area contributed by atoms with Crippen molar-refractivity contribution in [3.8, 4) is 0 Å². The van der Waals surface area contributed by atoms with Gasteiger partial charge in [0.15, 0.2) is 0 Å². The molecule has 0 radical (unpaired) electrons. The lowest BCUT2D eigenvalue weighted by molar-refractivity contribution is -0.131. The predicted molar refractivity (Wildman–Crippen MR) is 63.8 cm³/mol. The van der Waals surface area contributed by atoms with Crippen molar-refractivity contribution < 1.29 is 9.90 Å². The lowest BCUT2D eigenvalue weighted by Gasteiger charge is -2.21. The highest BCUT2D eigenvalue weighted by molar-refractivity contribution is 5.76. The molecule has 0 aromatic heterocycles. The number of likely N-dealkylation sites (tertiary alicyclic amines) is 1. The summed E-state index contributed by atoms with van der Waals surface area (Å²) in [5, 5.41) is 9.37. The highest BCUT2D eigenvalue weighted by atomic mass is 16.3. The molecule has 1 fully saturated rings. The third-order valence-corrected chi connectivity index (χ3v) is 3.12. The number of carbonyl (C=O) groups is 1. The van der Waals surface area contributed by atoms with Gasteiger partial charge < -0.3 is 15.7 Å². The van der Waals surface area contributed by atoms with Crippen LogP contribution in [0.3, 0.4) is 0 Å². The standard InChI is InChI=1S/C12H24N2O2/c1-9(2)5-10(7-13)6-12(16)14-4-3-11(15)8-14/h9-11,15H,3-8,13H2,1-2H3/t10-,11+/m0/s1. The van der Waals surface area contributed by atoms with E-state index >= 15 is 0 Å². The molecule has 0 bridgehead atoms. The molecule has 0 unspecified atom stereocenters. The largest absolute Gasteiger partial charge is 0.391 e. The monoisotopic (exact) mass is 228 g/mol. The van der Waals surface area contributed by atoms with Gasteiger partial charge in [0.05, 0.1) is 6.10 Å². The molecule has 4 nitrogen and oxygen atoms in total. The van der Waals surface area contributed by atoms with E-state index in [-0.39, 0.29) is 17.9 Å². The van der Waals surface area contributed by atoms with Crippen LogP contribution in [0, 0.1) is 11.8 Å². The third kappa shape index (κ3) is 4.10. The van der Waals surface area contributed by atoms with Gasteiger partial charge in [-0.05, 0) is 31.2 Å². The highest BCUT2D eigenvalue weighted by Crippen LogP contribution is 2.18. The summed E-state index contributed by atoms with van der Waals surface area (Å²) in [7, 11) is 0. The highest BCUT2D eigenvalue weighted by Gasteiger charge is 2.26. The number of nitrogens with two attached hydrogens (primary N) is 1. The van der Waals surface area contributed by atoms with E-state index in [1.165, 1.54) is 0 Å². The molecule has 2 atom stereocenters. The number of hydrogen-bond donors (Lipinski definition) is 2. The summed E-state index contributed by atoms with van der Waals surface area (Å²) in [5.41, 5.74) is 5.68. The Labute approximate surface area is 97.8 Å². The Hall–Kier alpha value is -0.610. The fourth-order valence-electron chi connectivity index (χ4n) is 2.27. The first-order chi connectivity index (χ1) is 7.52. The summed E-state index contributed by atoms with van der Waals surface area (Å²) in [4.78, 5) is 13.7. The molecule has 1 saturated heterocycles. The fraction of sp³-hybridized carbons (Fsp3) is 0.917. The van der Waals surface area contributed by atoms with Crippen molar-refractivity contribution in [2.75, 3.05) is 19.6 Å². The summed E-state index contributed by atoms with van der Waals surface area (Å²) >= 11 is 0. The molecule has 1 amide bonds. The van der Waals surface area contributed by atoms with Crippen LogP contribution in [-0.2, 0) is 4.79 Å². The fourth-order valence-corrected chi connectivity index (χ4v) is 2.27. The van der Waals surface area contributed by atoms with E-state index in [0.717, 1.165) is 6.42 Å². The first-order valence-corrected chi connectivity index (χ1v) is 6.18. The molecule has 1 aliphatic heterocycles. The van der Waals surface area contributed by atoms with Gasteiger partial charge in [0.25, 0.3) is 0 Å². The zero-order valence-corrected chi connectivity index (χ0v) is 10.4. The van der Waals surface area contributed by atoms with Crippen molar-refractivity contribution in [3.05, 3.63) is 0 Å². The minimum Gasteiger partial charge on any atom is -0.391 e. The minimum absolute atomic E-state index is 0.146. The molecule has 4 heteroatoms. The SMILES string of the molecule is CC(C)C[C@H](CN)CC(=O)N1CC[C@@H](O)C1. The van der Waals surface area contributed by atoms with Crippen molar-refractivity contribution in [3.63, 3.8) is 0 Å². The number of carbonyl (C=O) groups excluding carboxylic acids is 1. The first kappa shape index (κ1) is 13.5. The van der Waals surface area contributed by atoms with E-state index in [4.69, 9.17) is 5.73 Å². The van der Waals surface area contributed by atoms with Crippen LogP contribution in [0.4, 0.5) is 0 Å². The Kier molecular flexibility index (Phi) is 5.22. The molecule has 0 spiro atoms. The minimum atomic E-state index is -0.328. The van der Waals surface area contributed by atoms with Gasteiger partial charge in [-0.3, -0.25) is 4.79 Å². The van der Waals surface area contributed by atoms with Crippen molar-refractivity contribution in [1.82, 2.24) is 4.90 Å². The number of rotatable bonds is 5. The van der Waals surface area contributed by atoms with Crippen LogP contribution in [-0.4, -0.2) is 41.7 Å². The van der Waals surface area contributed by atoms with Crippen LogP contribution in [0.2, 0.25) is 0 Å². The molecule has 0 aliphatic carbocycles. The molecular weight excluding hydrogens is 204 g/mol. The van der Waals surface area contributed by atoms with E-state index in [9.17, 15) is 9.90 Å². The third-order valence-electron chi connectivity index (χ3n) is 3.12. The van der Waals surface area contributed by atoms with E-state index in [2.05, 4.69) is 13.8 Å². The maximum Gasteiger partial charge on any atom is 0.222 e. The second-order valence-electron chi connectivity index (χ2n) is 5.22. The summed E-state index contributed by atoms with van der Waals surface area (Å²) in [6.45, 7) is 6.05. The van der Waals surface area contributed by atoms with Crippen LogP contribution in [0.1, 0.15) is 33.1 Å². The molecule has 1 aliphatic rings. The molecule has 0 aromatic carbocycles. The van der Waals surface area contributed by atoms with Crippen molar-refractivity contribution in [2.45, 2.75) is 39.2 Å². The van der Waals surface area contributed by atoms with Crippen molar-refractivity contribution >= 4 is 5.91 Å². The van der Waals surface area contributed by atoms with Gasteiger partial charge in [-0.1, -0.05) is 13.8 Å². The number of aliphatic hydroxyl groups is 1. The number of aliphatic hydroxyl groups excluding tert-OH is 1. The van der Waals surface area contributed by atoms with Crippen LogP contribution in [0.15, 0.2) is 0 Å². The Morgan fingerprint density at radius 2 is 2.25 bits per heavy atom. The predicted octanol–water partition coefficient (Wildman–Crippen LogP) is 0.591. The smallest absolute Gasteiger partial charge is 0.222 e. The number of nitrogens with zero attached hydrogens (tertiary/aromatic N) is 1. The van der Waals surface area contributed by atoms with Gasteiger partial charge in [-0.25, -0.2) is 0 Å². The normalized spacial score (nSPS) is 22.8. The topological polar surface area (TPSA) is 66.6 Å². The number of β-amino-alcohol motifs (C(OH)–C–C–N with tert-alkyl or cyclic N) is 1. The van der Waals surface area contributed by atoms with Gasteiger partial charge in [0, 0.05) is 19.5 Å². The van der Waals surface area contributed by atoms with E-state index in [0.29, 0.717) is 38.4 Å². The lowest BCUT2D eigenvalue weighted by Crippen LogP contribution is -2.32. The Morgan fingerprint density at radius 3 is 2.69 bits per heavy atom. The van der Waals surface area contributed by atoms with Crippen molar-refractivity contribution in [1.29, 1.82) is 0 Å². The van der Waals surface area contributed by atoms with Crippen LogP contribution >= 0.6 is 0 Å². The van der Waals surface area contributed by atoms with Gasteiger partial charge >= 0.3 is 0 Å². The average Bonchev–Trinajstić information content (AvgIpc) is 2.63. The van der Waals surface area contributed by atoms with Crippen LogP contribution in [0.25, 0.3) is 0 Å². The Bertz CT molecular complexity index is 231. The van der Waals surface area contributed by atoms with Gasteiger partial charge in [0.2, 0.25) is 5.91 Å². The van der Waals surface area contributed by atoms with Gasteiger partial charge in [-0.15, -0.1) is 0 Å². The van der Waals surface area contributed by atoms with Gasteiger partial charge in [-0.2, -0.15) is 0 Å². The summed E-state index contributed by atoms with van der Waals surface area (Å²) < 4.78 is 0. The second-order valence-corrected chi connectivity index (χ2v) is 5.22. The molecular formula is C12H24N2O2. The van der Waals surface area contributed by atoms with Crippen molar-refractivity contribution in [2.24, 2.45) is 17.6 Å². The van der Waals surface area contributed by atoms with Crippen LogP contribution in [0.5, 0.6) is 0 Å². The number of hydrogen-bond acceptors (Lipinski definition) is 3. The summed E-state index contributed by atoms with van der Waals surface area (Å²) in [6, 6.07) is 0. The average molecular weight is 228 g/mol. The zero-order valence-electron chi connectivity index (χ0n) is 10.4. The van der Waals surface area contributed by atoms with E-state index < -0.39 is 0 Å². The maximum absolute atomic E-state index is 11.9. The molecule has 0 aromatic rings. The molecule has 3 N–H and O–H groups in total. The molecule has 94 valence electrons. The quantitative estimate of drug-likeness (QED) is 0.724. The summed E-state index contributed by atoms with van der Waals surface area (Å²) in [5.74, 6) is 1.00. The van der Waals surface area contributed by atoms with E-state index in [1.54, 1.807) is 4.90 Å². The first-order valence-electron chi connectivity index (χ1n) is 6.18. The van der Waals surface area contributed by atoms with E-state index in [1.807, 2.05) is 0 Å². The molecule has 16 heavy (non-hydrogen) atoms. The number of amides is 1. The molecule has 1 heterocycles. The second kappa shape index (κ2) is 6.21. The van der Waals surface area contributed by atoms with Gasteiger partial charge in [0.1, 0.15) is 0 Å². The summed E-state index contributed by atoms with van der Waals surface area (Å²) in [6.07, 6.45) is 1.91. The Morgan fingerprint density at radius 1 is 1.56 bits per heavy atom. The maximum atomic E-state index is 11.9. The Balaban J connectivity index is 2.36. The molecule has 1 rings (SSSR count). The molecule has 0 saturated carbocycles. The lowest BCUT2D eigenvalue weighted by atomic mass is 9.94. The zero-order chi connectivity index (χ0) is 12.1.